The van der Waals surface area contributed by atoms with Crippen LogP contribution in [0.2, 0.25) is 53.4 Å². The van der Waals surface area contributed by atoms with Gasteiger partial charge < -0.3 is 32.6 Å². The van der Waals surface area contributed by atoms with Crippen LogP contribution in [0.4, 0.5) is 30.7 Å². The maximum Gasteiger partial charge on any atom is 0.459 e. The molecular weight excluding hydrogens is 1290 g/mol. The van der Waals surface area contributed by atoms with Gasteiger partial charge in [-0.25, -0.2) is 0 Å². The minimum atomic E-state index is -6.46. The minimum absolute atomic E-state index is 0.00107. The van der Waals surface area contributed by atoms with E-state index < -0.39 is 96.4 Å². The number of rotatable bonds is 40. The molecular formula is C80H121F7O7Si3. The number of aliphatic hydroxyl groups excluding tert-OH is 1. The van der Waals surface area contributed by atoms with E-state index in [0.29, 0.717) is 13.0 Å². The highest BCUT2D eigenvalue weighted by molar-refractivity contribution is 6.76. The molecule has 4 aromatic rings. The van der Waals surface area contributed by atoms with Crippen LogP contribution in [0.25, 0.3) is 0 Å². The molecule has 0 saturated carbocycles. The van der Waals surface area contributed by atoms with E-state index in [9.17, 15) is 27.1 Å². The van der Waals surface area contributed by atoms with Crippen LogP contribution in [0, 0.1) is 35.5 Å². The second kappa shape index (κ2) is 36.4. The largest absolute Gasteiger partial charge is 0.497 e. The molecule has 97 heavy (non-hydrogen) atoms. The molecule has 0 unspecified atom stereocenters. The molecule has 0 aliphatic carbocycles. The smallest absolute Gasteiger partial charge is 0.459 e. The SMILES string of the molecule is C=C/C=C/[C@H](C)[C@H](OCc1ccc(OC)cc1)[C@@H](C)[C@@H](O)CC[C@H](C)C[C@H](C)[C@@H](O[Si](C)(C)C(C)(C)C)[C@@H](C)C=C[C@H](C[C@H](O[Si](CCC(F)(F)C(F)(F)C(F)(F)F)(C(C)C)C(C)C)[C@H](C)/C=C/COC(c1ccccc1)(c1ccccc1)c1ccccc1)O[Si](C)(C)C(C)(C)C. The molecule has 7 nitrogen and oxygen atoms in total. The van der Waals surface area contributed by atoms with Gasteiger partial charge in [-0.15, -0.1) is 0 Å². The van der Waals surface area contributed by atoms with E-state index in [1.807, 2.05) is 140 Å². The lowest BCUT2D eigenvalue weighted by Gasteiger charge is -2.45. The van der Waals surface area contributed by atoms with E-state index in [0.717, 1.165) is 40.8 Å². The molecule has 4 rings (SSSR count). The first-order chi connectivity index (χ1) is 44.9. The predicted molar refractivity (Wildman–Crippen MR) is 394 cm³/mol. The Hall–Kier alpha value is -4.44. The molecule has 0 aliphatic rings. The van der Waals surface area contributed by atoms with Crippen molar-refractivity contribution in [2.24, 2.45) is 35.5 Å². The Balaban J connectivity index is 1.82. The lowest BCUT2D eigenvalue weighted by atomic mass is 9.80. The van der Waals surface area contributed by atoms with Crippen LogP contribution in [0.15, 0.2) is 164 Å². The summed E-state index contributed by atoms with van der Waals surface area (Å²) in [5.74, 6) is -11.5. The van der Waals surface area contributed by atoms with Crippen molar-refractivity contribution in [3.63, 3.8) is 0 Å². The number of ether oxygens (including phenoxy) is 3. The molecule has 0 heterocycles. The second-order valence-electron chi connectivity index (χ2n) is 31.2. The monoisotopic (exact) mass is 1410 g/mol. The zero-order valence-corrected chi connectivity index (χ0v) is 65.4. The molecule has 544 valence electrons. The van der Waals surface area contributed by atoms with E-state index in [1.54, 1.807) is 40.9 Å². The lowest BCUT2D eigenvalue weighted by Crippen LogP contribution is -2.55. The average molecular weight is 1410 g/mol. The number of halogens is 7. The Labute approximate surface area is 583 Å². The summed E-state index contributed by atoms with van der Waals surface area (Å²) < 4.78 is 144. The fourth-order valence-electron chi connectivity index (χ4n) is 12.8. The summed E-state index contributed by atoms with van der Waals surface area (Å²) in [6.45, 7) is 46.3. The van der Waals surface area contributed by atoms with Gasteiger partial charge in [0.25, 0.3) is 0 Å². The molecule has 1 N–H and O–H groups in total. The van der Waals surface area contributed by atoms with Gasteiger partial charge in [-0.3, -0.25) is 0 Å². The predicted octanol–water partition coefficient (Wildman–Crippen LogP) is 23.3. The summed E-state index contributed by atoms with van der Waals surface area (Å²) in [6.07, 6.45) is 5.49. The number of aliphatic hydroxyl groups is 1. The molecule has 0 saturated heterocycles. The summed E-state index contributed by atoms with van der Waals surface area (Å²) in [4.78, 5) is 0. The number of allylic oxidation sites excluding steroid dienone is 2. The van der Waals surface area contributed by atoms with Crippen molar-refractivity contribution in [1.29, 1.82) is 0 Å². The molecule has 17 heteroatoms. The quantitative estimate of drug-likeness (QED) is 0.0156. The first kappa shape index (κ1) is 85.0. The highest BCUT2D eigenvalue weighted by Crippen LogP contribution is 2.52. The van der Waals surface area contributed by atoms with Gasteiger partial charge in [0.1, 0.15) is 11.4 Å². The van der Waals surface area contributed by atoms with E-state index in [1.165, 1.54) is 0 Å². The normalized spacial score (nSPS) is 17.3. The fourth-order valence-corrected chi connectivity index (χ4v) is 20.3. The molecule has 11 atom stereocenters. The Morgan fingerprint density at radius 2 is 1.04 bits per heavy atom. The average Bonchev–Trinajstić information content (AvgIpc) is 0.771. The van der Waals surface area contributed by atoms with Gasteiger partial charge >= 0.3 is 18.0 Å². The molecule has 4 aromatic carbocycles. The first-order valence-electron chi connectivity index (χ1n) is 35.2. The topological polar surface area (TPSA) is 75.6 Å². The number of benzene rings is 4. The number of hydrogen-bond acceptors (Lipinski definition) is 7. The molecule has 0 amide bonds. The fraction of sp³-hybridized carbons (Fsp3) is 0.600. The van der Waals surface area contributed by atoms with E-state index >= 15 is 8.78 Å². The van der Waals surface area contributed by atoms with Gasteiger partial charge in [0, 0.05) is 24.7 Å². The lowest BCUT2D eigenvalue weighted by molar-refractivity contribution is -0.354. The summed E-state index contributed by atoms with van der Waals surface area (Å²) in [6, 6.07) is 37.0. The Morgan fingerprint density at radius 3 is 1.49 bits per heavy atom. The molecule has 0 fully saturated rings. The Morgan fingerprint density at radius 1 is 0.557 bits per heavy atom. The molecule has 0 radical (unpaired) electrons. The summed E-state index contributed by atoms with van der Waals surface area (Å²) >= 11 is 0. The molecule has 0 aliphatic heterocycles. The van der Waals surface area contributed by atoms with Gasteiger partial charge in [0.05, 0.1) is 50.8 Å². The van der Waals surface area contributed by atoms with Crippen LogP contribution in [-0.4, -0.2) is 92.3 Å². The maximum absolute atomic E-state index is 15.6. The van der Waals surface area contributed by atoms with Crippen molar-refractivity contribution in [2.45, 2.75) is 257 Å². The van der Waals surface area contributed by atoms with Crippen LogP contribution in [-0.2, 0) is 35.0 Å². The maximum atomic E-state index is 15.6. The van der Waals surface area contributed by atoms with Crippen molar-refractivity contribution in [2.75, 3.05) is 13.7 Å². The number of hydrogen-bond donors (Lipinski definition) is 1. The zero-order chi connectivity index (χ0) is 73.2. The summed E-state index contributed by atoms with van der Waals surface area (Å²) in [5.41, 5.74) is 1.70. The Kier molecular flexibility index (Phi) is 31.9. The van der Waals surface area contributed by atoms with E-state index in [2.05, 4.69) is 127 Å². The summed E-state index contributed by atoms with van der Waals surface area (Å²) in [5, 5.41) is 11.5. The van der Waals surface area contributed by atoms with Crippen LogP contribution in [0.1, 0.15) is 165 Å². The van der Waals surface area contributed by atoms with E-state index in [-0.39, 0.29) is 64.9 Å². The number of alkyl halides is 7. The minimum Gasteiger partial charge on any atom is -0.497 e. The second-order valence-corrected chi connectivity index (χ2v) is 45.7. The standard InChI is InChI=1S/C80H121F7O7Si3/c1-23-24-35-61(8)74(90-56-65-45-48-69(89-18)49-46-65)64(11)71(88)50-43-59(6)54-63(10)73(94-96(21,22)76(15,16)17)62(9)44-47-70(92-95(19,20)75(12,13)14)55-72(93-97(57(2)3,58(4)5)53-51-77(81,82)79(83,84)80(85,86)87)60(7)36-34-52-91-78(66-37-28-25-29-38-66,67-39-30-26-31-40-67)68-41-32-27-33-42-68/h23-42,44-49,57-64,70-74,88H,1,43,50-56H2,2-22H3/b35-24+,36-34+,47-44?/t59-,60+,61-,62-,63-,64-,70+,71-,72-,73-,74-/m0/s1. The van der Waals surface area contributed by atoms with Crippen molar-refractivity contribution in [3.8, 4) is 5.75 Å². The van der Waals surface area contributed by atoms with Crippen molar-refractivity contribution >= 4 is 25.0 Å². The van der Waals surface area contributed by atoms with Gasteiger partial charge in [-0.05, 0) is 131 Å². The van der Waals surface area contributed by atoms with Gasteiger partial charge in [0.15, 0.2) is 25.0 Å². The van der Waals surface area contributed by atoms with Gasteiger partial charge in [-0.2, -0.15) is 30.7 Å². The van der Waals surface area contributed by atoms with E-state index in [4.69, 9.17) is 27.5 Å². The van der Waals surface area contributed by atoms with Gasteiger partial charge in [-0.1, -0.05) is 263 Å². The Bertz CT molecular complexity index is 2910. The highest BCUT2D eigenvalue weighted by atomic mass is 28.4. The van der Waals surface area contributed by atoms with Crippen molar-refractivity contribution in [3.05, 3.63) is 187 Å². The van der Waals surface area contributed by atoms with Crippen LogP contribution in [0.3, 0.4) is 0 Å². The molecule has 0 bridgehead atoms. The molecule has 0 aromatic heterocycles. The zero-order valence-electron chi connectivity index (χ0n) is 62.4. The summed E-state index contributed by atoms with van der Waals surface area (Å²) in [7, 11) is -7.21. The van der Waals surface area contributed by atoms with Crippen LogP contribution < -0.4 is 4.74 Å². The van der Waals surface area contributed by atoms with Crippen LogP contribution in [0.5, 0.6) is 5.75 Å². The highest BCUT2D eigenvalue weighted by Gasteiger charge is 2.73. The van der Waals surface area contributed by atoms with Gasteiger partial charge in [0.2, 0.25) is 0 Å². The van der Waals surface area contributed by atoms with Crippen molar-refractivity contribution in [1.82, 2.24) is 0 Å². The third kappa shape index (κ3) is 23.0. The first-order valence-corrected chi connectivity index (χ1v) is 43.3. The molecule has 0 spiro atoms. The number of methoxy groups -OCH3 is 1. The van der Waals surface area contributed by atoms with Crippen molar-refractivity contribution < 1.29 is 63.3 Å². The third-order valence-electron chi connectivity index (χ3n) is 21.1. The third-order valence-corrected chi connectivity index (χ3v) is 35.8. The van der Waals surface area contributed by atoms with Crippen LogP contribution >= 0.6 is 0 Å².